The average molecular weight is 392 g/mol. The van der Waals surface area contributed by atoms with Crippen LogP contribution in [-0.2, 0) is 4.74 Å². The van der Waals surface area contributed by atoms with Gasteiger partial charge >= 0.3 is 0 Å². The van der Waals surface area contributed by atoms with Crippen molar-refractivity contribution in [1.29, 1.82) is 0 Å². The maximum Gasteiger partial charge on any atom is 0.247 e. The smallest absolute Gasteiger partial charge is 0.247 e. The molecule has 9 heteroatoms. The number of aromatic nitrogens is 3. The van der Waals surface area contributed by atoms with Crippen LogP contribution in [0.5, 0.6) is 5.75 Å². The molecule has 1 N–H and O–H groups in total. The molecule has 0 saturated carbocycles. The van der Waals surface area contributed by atoms with Gasteiger partial charge in [-0.2, -0.15) is 4.98 Å². The van der Waals surface area contributed by atoms with E-state index in [0.29, 0.717) is 19.6 Å². The van der Waals surface area contributed by atoms with E-state index in [4.69, 9.17) is 9.47 Å². The molecule has 0 aliphatic carbocycles. The molecule has 1 aliphatic rings. The first-order valence-corrected chi connectivity index (χ1v) is 8.67. The van der Waals surface area contributed by atoms with Crippen molar-refractivity contribution in [3.63, 3.8) is 0 Å². The first kappa shape index (κ1) is 18.3. The molecule has 148 valence electrons. The van der Waals surface area contributed by atoms with Gasteiger partial charge < -0.3 is 14.8 Å². The zero-order valence-electron chi connectivity index (χ0n) is 15.0. The largest absolute Gasteiger partial charge is 0.485 e. The molecule has 1 aromatic heterocycles. The molecule has 1 atom stereocenters. The molecular weight excluding hydrogens is 373 g/mol. The number of anilines is 2. The van der Waals surface area contributed by atoms with Crippen LogP contribution in [-0.4, -0.2) is 34.1 Å². The summed E-state index contributed by atoms with van der Waals surface area (Å²) in [5.74, 6) is -1.86. The van der Waals surface area contributed by atoms with Crippen LogP contribution in [0.2, 0.25) is 0 Å². The number of halogens is 3. The minimum atomic E-state index is -0.734. The highest BCUT2D eigenvalue weighted by atomic mass is 19.1. The van der Waals surface area contributed by atoms with Crippen LogP contribution in [0.4, 0.5) is 24.8 Å². The van der Waals surface area contributed by atoms with E-state index >= 15 is 0 Å². The summed E-state index contributed by atoms with van der Waals surface area (Å²) >= 11 is 0. The minimum Gasteiger partial charge on any atom is -0.485 e. The van der Waals surface area contributed by atoms with E-state index in [1.54, 1.807) is 12.1 Å². The van der Waals surface area contributed by atoms with E-state index in [9.17, 15) is 13.2 Å². The van der Waals surface area contributed by atoms with Crippen molar-refractivity contribution in [3.05, 3.63) is 59.7 Å². The number of ether oxygens (including phenoxy) is 2. The second-order valence-corrected chi connectivity index (χ2v) is 6.49. The zero-order chi connectivity index (χ0) is 19.7. The fourth-order valence-corrected chi connectivity index (χ4v) is 2.93. The Bertz CT molecular complexity index is 989. The van der Waals surface area contributed by atoms with Crippen LogP contribution in [0.3, 0.4) is 0 Å². The van der Waals surface area contributed by atoms with Gasteiger partial charge in [-0.3, -0.25) is 0 Å². The number of aryl methyl sites for hydroxylation is 1. The van der Waals surface area contributed by atoms with Crippen LogP contribution < -0.4 is 10.1 Å². The topological polar surface area (TPSA) is 61.2 Å². The molecule has 0 amide bonds. The number of hydrogen-bond donors (Lipinski definition) is 1. The first-order valence-electron chi connectivity index (χ1n) is 8.67. The second-order valence-electron chi connectivity index (χ2n) is 6.49. The highest BCUT2D eigenvalue weighted by Gasteiger charge is 2.21. The van der Waals surface area contributed by atoms with Gasteiger partial charge in [0.15, 0.2) is 11.6 Å². The summed E-state index contributed by atoms with van der Waals surface area (Å²) in [7, 11) is 0. The predicted octanol–water partition coefficient (Wildman–Crippen LogP) is 4.15. The first-order chi connectivity index (χ1) is 13.5. The van der Waals surface area contributed by atoms with Gasteiger partial charge in [-0.25, -0.2) is 17.9 Å². The lowest BCUT2D eigenvalue weighted by molar-refractivity contribution is 0.138. The molecule has 28 heavy (non-hydrogen) atoms. The molecule has 4 rings (SSSR count). The maximum absolute atomic E-state index is 14.8. The van der Waals surface area contributed by atoms with Gasteiger partial charge in [-0.1, -0.05) is 0 Å². The Hall–Kier alpha value is -3.07. The van der Waals surface area contributed by atoms with Gasteiger partial charge in [0, 0.05) is 13.9 Å². The highest BCUT2D eigenvalue weighted by Crippen LogP contribution is 2.30. The summed E-state index contributed by atoms with van der Waals surface area (Å²) in [5, 5.41) is 6.88. The average Bonchev–Trinajstić information content (AvgIpc) is 3.30. The third-order valence-corrected chi connectivity index (χ3v) is 4.22. The predicted molar refractivity (Wildman–Crippen MR) is 97.7 cm³/mol. The SMILES string of the molecule is Cc1cc(Nc2ncn(-c3cc(F)cc(F)c3)n2)c(F)c(OC2CCOC2)c1.[HH]. The van der Waals surface area contributed by atoms with E-state index < -0.39 is 17.5 Å². The molecule has 6 nitrogen and oxygen atoms in total. The van der Waals surface area contributed by atoms with Gasteiger partial charge in [0.1, 0.15) is 24.1 Å². The van der Waals surface area contributed by atoms with Crippen LogP contribution >= 0.6 is 0 Å². The third-order valence-electron chi connectivity index (χ3n) is 4.22. The number of benzene rings is 2. The Morgan fingerprint density at radius 1 is 1.18 bits per heavy atom. The van der Waals surface area contributed by atoms with E-state index in [-0.39, 0.29) is 30.6 Å². The summed E-state index contributed by atoms with van der Waals surface area (Å²) in [6.07, 6.45) is 1.79. The molecule has 2 aromatic carbocycles. The van der Waals surface area contributed by atoms with Crippen LogP contribution in [0, 0.1) is 24.4 Å². The van der Waals surface area contributed by atoms with Gasteiger partial charge in [0.2, 0.25) is 5.95 Å². The lowest BCUT2D eigenvalue weighted by Gasteiger charge is -2.15. The van der Waals surface area contributed by atoms with Crippen molar-refractivity contribution in [2.24, 2.45) is 0 Å². The Kier molecular flexibility index (Phi) is 4.91. The molecule has 1 saturated heterocycles. The van der Waals surface area contributed by atoms with Gasteiger partial charge in [0.25, 0.3) is 0 Å². The lowest BCUT2D eigenvalue weighted by atomic mass is 10.2. The molecule has 3 aromatic rings. The normalized spacial score (nSPS) is 16.4. The standard InChI is InChI=1S/C19H17F3N4O2.H2/c1-11-4-16(18(22)17(5-11)28-15-2-3-27-9-15)24-19-23-10-26(25-19)14-7-12(20)6-13(21)8-14;/h4-8,10,15H,2-3,9H2,1H3,(H,24,25);1H. The number of nitrogens with zero attached hydrogens (tertiary/aromatic N) is 3. The fourth-order valence-electron chi connectivity index (χ4n) is 2.93. The molecule has 0 spiro atoms. The summed E-state index contributed by atoms with van der Waals surface area (Å²) in [5.41, 5.74) is 1.08. The van der Waals surface area contributed by atoms with Crippen LogP contribution in [0.25, 0.3) is 5.69 Å². The Morgan fingerprint density at radius 2 is 1.96 bits per heavy atom. The zero-order valence-corrected chi connectivity index (χ0v) is 15.0. The molecule has 0 bridgehead atoms. The molecule has 0 radical (unpaired) electrons. The highest BCUT2D eigenvalue weighted by molar-refractivity contribution is 5.59. The number of rotatable bonds is 5. The van der Waals surface area contributed by atoms with Crippen molar-refractivity contribution in [1.82, 2.24) is 14.8 Å². The van der Waals surface area contributed by atoms with Crippen molar-refractivity contribution in [2.75, 3.05) is 18.5 Å². The van der Waals surface area contributed by atoms with Gasteiger partial charge in [0.05, 0.1) is 24.6 Å². The second kappa shape index (κ2) is 7.51. The quantitative estimate of drug-likeness (QED) is 0.707. The van der Waals surface area contributed by atoms with Crippen molar-refractivity contribution in [2.45, 2.75) is 19.4 Å². The van der Waals surface area contributed by atoms with E-state index in [2.05, 4.69) is 15.4 Å². The molecule has 1 unspecified atom stereocenters. The van der Waals surface area contributed by atoms with E-state index in [1.165, 1.54) is 11.0 Å². The Labute approximate surface area is 160 Å². The van der Waals surface area contributed by atoms with Crippen LogP contribution in [0.15, 0.2) is 36.7 Å². The summed E-state index contributed by atoms with van der Waals surface area (Å²) in [6.45, 7) is 2.82. The Morgan fingerprint density at radius 3 is 2.68 bits per heavy atom. The number of nitrogens with one attached hydrogen (secondary N) is 1. The Balaban J connectivity index is 0.00000240. The summed E-state index contributed by atoms with van der Waals surface area (Å²) in [6, 6.07) is 6.20. The van der Waals surface area contributed by atoms with Crippen molar-refractivity contribution < 1.29 is 24.1 Å². The lowest BCUT2D eigenvalue weighted by Crippen LogP contribution is -2.17. The minimum absolute atomic E-state index is 0. The molecular formula is C19H19F3N4O2. The summed E-state index contributed by atoms with van der Waals surface area (Å²) in [4.78, 5) is 4.02. The monoisotopic (exact) mass is 392 g/mol. The molecule has 1 aliphatic heterocycles. The van der Waals surface area contributed by atoms with E-state index in [0.717, 1.165) is 23.8 Å². The van der Waals surface area contributed by atoms with Gasteiger partial charge in [-0.05, 0) is 36.8 Å². The van der Waals surface area contributed by atoms with E-state index in [1.807, 2.05) is 6.92 Å². The fraction of sp³-hybridized carbons (Fsp3) is 0.263. The van der Waals surface area contributed by atoms with Crippen molar-refractivity contribution >= 4 is 11.6 Å². The maximum atomic E-state index is 14.8. The summed E-state index contributed by atoms with van der Waals surface area (Å²) < 4.78 is 53.7. The van der Waals surface area contributed by atoms with Crippen LogP contribution in [0.1, 0.15) is 13.4 Å². The third kappa shape index (κ3) is 3.94. The van der Waals surface area contributed by atoms with Crippen molar-refractivity contribution in [3.8, 4) is 11.4 Å². The molecule has 2 heterocycles. The molecule has 1 fully saturated rings. The number of hydrogen-bond acceptors (Lipinski definition) is 5. The van der Waals surface area contributed by atoms with Gasteiger partial charge in [-0.15, -0.1) is 5.10 Å².